The molecule has 4 amide bonds. The van der Waals surface area contributed by atoms with Gasteiger partial charge in [-0.15, -0.1) is 0 Å². The Morgan fingerprint density at radius 3 is 2.49 bits per heavy atom. The van der Waals surface area contributed by atoms with Crippen LogP contribution in [0.3, 0.4) is 0 Å². The van der Waals surface area contributed by atoms with Crippen molar-refractivity contribution in [2.24, 2.45) is 0 Å². The maximum Gasteiger partial charge on any atom is 0.338 e. The largest absolute Gasteiger partial charge is 0.463 e. The number of urea groups is 2. The number of amides is 4. The van der Waals surface area contributed by atoms with E-state index in [2.05, 4.69) is 16.0 Å². The molecule has 4 rings (SSSR count). The van der Waals surface area contributed by atoms with Crippen molar-refractivity contribution in [1.82, 2.24) is 15.5 Å². The summed E-state index contributed by atoms with van der Waals surface area (Å²) >= 11 is 0. The second-order valence-electron chi connectivity index (χ2n) is 9.44. The van der Waals surface area contributed by atoms with Crippen molar-refractivity contribution in [2.75, 3.05) is 18.5 Å². The molecule has 3 N–H and O–H groups in total. The van der Waals surface area contributed by atoms with E-state index in [1.807, 2.05) is 43.3 Å². The summed E-state index contributed by atoms with van der Waals surface area (Å²) in [5, 5.41) is 8.97. The topological polar surface area (TPSA) is 99.8 Å². The summed E-state index contributed by atoms with van der Waals surface area (Å²) < 4.78 is 5.47. The van der Waals surface area contributed by atoms with Gasteiger partial charge in [-0.2, -0.15) is 0 Å². The molecule has 0 saturated heterocycles. The first-order chi connectivity index (χ1) is 18.0. The SMILES string of the molecule is CCCN1C(=O)NC(c2cccc(NC(=O)NC3CCCCC3)c2)C(C(=O)OCC)=C1c1ccccc1. The molecule has 0 radical (unpaired) electrons. The second kappa shape index (κ2) is 12.4. The van der Waals surface area contributed by atoms with Gasteiger partial charge >= 0.3 is 18.0 Å². The molecule has 0 aromatic heterocycles. The van der Waals surface area contributed by atoms with E-state index in [9.17, 15) is 14.4 Å². The van der Waals surface area contributed by atoms with Gasteiger partial charge in [-0.1, -0.05) is 68.7 Å². The molecule has 196 valence electrons. The van der Waals surface area contributed by atoms with Crippen LogP contribution in [-0.2, 0) is 9.53 Å². The Balaban J connectivity index is 1.70. The molecule has 1 fully saturated rings. The fourth-order valence-electron chi connectivity index (χ4n) is 5.07. The Kier molecular flexibility index (Phi) is 8.82. The van der Waals surface area contributed by atoms with Crippen molar-refractivity contribution in [1.29, 1.82) is 0 Å². The summed E-state index contributed by atoms with van der Waals surface area (Å²) in [6, 6.07) is 15.6. The molecule has 8 nitrogen and oxygen atoms in total. The number of ether oxygens (including phenoxy) is 1. The minimum absolute atomic E-state index is 0.186. The van der Waals surface area contributed by atoms with E-state index in [-0.39, 0.29) is 24.7 Å². The highest BCUT2D eigenvalue weighted by Gasteiger charge is 2.38. The molecule has 1 heterocycles. The first kappa shape index (κ1) is 26.3. The fraction of sp³-hybridized carbons (Fsp3) is 0.414. The van der Waals surface area contributed by atoms with Crippen LogP contribution in [0.5, 0.6) is 0 Å². The number of nitrogens with one attached hydrogen (secondary N) is 3. The lowest BCUT2D eigenvalue weighted by atomic mass is 9.91. The van der Waals surface area contributed by atoms with Gasteiger partial charge in [0, 0.05) is 18.3 Å². The van der Waals surface area contributed by atoms with E-state index in [4.69, 9.17) is 4.74 Å². The van der Waals surface area contributed by atoms with Crippen molar-refractivity contribution in [3.8, 4) is 0 Å². The number of rotatable bonds is 8. The number of benzene rings is 2. The molecule has 8 heteroatoms. The van der Waals surface area contributed by atoms with Crippen molar-refractivity contribution >= 4 is 29.4 Å². The predicted octanol–water partition coefficient (Wildman–Crippen LogP) is 5.59. The lowest BCUT2D eigenvalue weighted by molar-refractivity contribution is -0.138. The van der Waals surface area contributed by atoms with Gasteiger partial charge in [-0.05, 0) is 49.4 Å². The van der Waals surface area contributed by atoms with Gasteiger partial charge in [0.2, 0.25) is 0 Å². The van der Waals surface area contributed by atoms with Gasteiger partial charge in [0.1, 0.15) is 0 Å². The molecule has 2 aromatic carbocycles. The number of hydrogen-bond donors (Lipinski definition) is 3. The van der Waals surface area contributed by atoms with E-state index in [0.717, 1.165) is 37.7 Å². The summed E-state index contributed by atoms with van der Waals surface area (Å²) in [5.41, 5.74) is 2.94. The van der Waals surface area contributed by atoms with Crippen LogP contribution < -0.4 is 16.0 Å². The zero-order valence-electron chi connectivity index (χ0n) is 21.6. The van der Waals surface area contributed by atoms with Gasteiger partial charge in [-0.3, -0.25) is 4.90 Å². The van der Waals surface area contributed by atoms with E-state index in [0.29, 0.717) is 29.1 Å². The molecule has 0 bridgehead atoms. The number of esters is 1. The summed E-state index contributed by atoms with van der Waals surface area (Å²) in [6.45, 7) is 4.41. The van der Waals surface area contributed by atoms with Crippen LogP contribution in [0.25, 0.3) is 5.70 Å². The van der Waals surface area contributed by atoms with Crippen molar-refractivity contribution in [3.05, 3.63) is 71.3 Å². The van der Waals surface area contributed by atoms with Gasteiger partial charge in [0.15, 0.2) is 0 Å². The van der Waals surface area contributed by atoms with Crippen LogP contribution in [0.1, 0.15) is 69.5 Å². The Morgan fingerprint density at radius 1 is 1.03 bits per heavy atom. The Bertz CT molecular complexity index is 1140. The zero-order chi connectivity index (χ0) is 26.2. The molecular weight excluding hydrogens is 468 g/mol. The first-order valence-corrected chi connectivity index (χ1v) is 13.2. The average molecular weight is 505 g/mol. The predicted molar refractivity (Wildman–Crippen MR) is 144 cm³/mol. The summed E-state index contributed by atoms with van der Waals surface area (Å²) in [5.74, 6) is -0.485. The second-order valence-corrected chi connectivity index (χ2v) is 9.44. The molecule has 2 aromatic rings. The average Bonchev–Trinajstić information content (AvgIpc) is 2.90. The van der Waals surface area contributed by atoms with E-state index in [1.165, 1.54) is 6.42 Å². The fourth-order valence-corrected chi connectivity index (χ4v) is 5.07. The van der Waals surface area contributed by atoms with Crippen LogP contribution in [-0.4, -0.2) is 42.1 Å². The molecule has 0 spiro atoms. The number of nitrogens with zero attached hydrogens (tertiary/aromatic N) is 1. The normalized spacial score (nSPS) is 18.3. The number of carbonyl (C=O) groups is 3. The van der Waals surface area contributed by atoms with Crippen molar-refractivity contribution < 1.29 is 19.1 Å². The lowest BCUT2D eigenvalue weighted by Crippen LogP contribution is -2.48. The maximum absolute atomic E-state index is 13.4. The lowest BCUT2D eigenvalue weighted by Gasteiger charge is -2.37. The molecule has 1 aliphatic carbocycles. The Morgan fingerprint density at radius 2 is 1.78 bits per heavy atom. The third-order valence-corrected chi connectivity index (χ3v) is 6.73. The van der Waals surface area contributed by atoms with E-state index < -0.39 is 12.0 Å². The molecule has 2 aliphatic rings. The quantitative estimate of drug-likeness (QED) is 0.408. The molecule has 1 saturated carbocycles. The molecule has 1 unspecified atom stereocenters. The van der Waals surface area contributed by atoms with Gasteiger partial charge in [0.25, 0.3) is 0 Å². The number of hydrogen-bond acceptors (Lipinski definition) is 4. The molecule has 1 atom stereocenters. The molecule has 1 aliphatic heterocycles. The minimum atomic E-state index is -0.738. The highest BCUT2D eigenvalue weighted by molar-refractivity contribution is 6.04. The summed E-state index contributed by atoms with van der Waals surface area (Å²) in [4.78, 5) is 40.9. The van der Waals surface area contributed by atoms with Crippen LogP contribution in [0.4, 0.5) is 15.3 Å². The third kappa shape index (κ3) is 6.31. The van der Waals surface area contributed by atoms with Gasteiger partial charge < -0.3 is 20.7 Å². The van der Waals surface area contributed by atoms with Crippen LogP contribution in [0.15, 0.2) is 60.2 Å². The number of carbonyl (C=O) groups excluding carboxylic acids is 3. The maximum atomic E-state index is 13.4. The minimum Gasteiger partial charge on any atom is -0.463 e. The van der Waals surface area contributed by atoms with E-state index in [1.54, 1.807) is 30.0 Å². The molecule has 37 heavy (non-hydrogen) atoms. The number of anilines is 1. The third-order valence-electron chi connectivity index (χ3n) is 6.73. The monoisotopic (exact) mass is 504 g/mol. The van der Waals surface area contributed by atoms with Crippen LogP contribution in [0.2, 0.25) is 0 Å². The van der Waals surface area contributed by atoms with Crippen LogP contribution in [0, 0.1) is 0 Å². The summed E-state index contributed by atoms with van der Waals surface area (Å²) in [6.07, 6.45) is 6.18. The summed E-state index contributed by atoms with van der Waals surface area (Å²) in [7, 11) is 0. The Labute approximate surface area is 218 Å². The Hall–Kier alpha value is -3.81. The van der Waals surface area contributed by atoms with E-state index >= 15 is 0 Å². The first-order valence-electron chi connectivity index (χ1n) is 13.2. The highest BCUT2D eigenvalue weighted by Crippen LogP contribution is 2.37. The van der Waals surface area contributed by atoms with Gasteiger partial charge in [0.05, 0.1) is 23.9 Å². The van der Waals surface area contributed by atoms with Crippen LogP contribution >= 0.6 is 0 Å². The smallest absolute Gasteiger partial charge is 0.338 e. The standard InChI is InChI=1S/C29H36N4O4/c1-3-18-33-26(20-12-7-5-8-13-20)24(27(34)37-4-2)25(32-29(33)36)21-14-11-17-23(19-21)31-28(35)30-22-15-9-6-10-16-22/h5,7-8,11-14,17,19,22,25H,3-4,6,9-10,15-16,18H2,1-2H3,(H,32,36)(H2,30,31,35). The molecular formula is C29H36N4O4. The van der Waals surface area contributed by atoms with Crippen molar-refractivity contribution in [2.45, 2.75) is 64.5 Å². The zero-order valence-corrected chi connectivity index (χ0v) is 21.6. The van der Waals surface area contributed by atoms with Crippen molar-refractivity contribution in [3.63, 3.8) is 0 Å². The van der Waals surface area contributed by atoms with Gasteiger partial charge in [-0.25, -0.2) is 14.4 Å². The highest BCUT2D eigenvalue weighted by atomic mass is 16.5.